The van der Waals surface area contributed by atoms with Crippen LogP contribution in [0.1, 0.15) is 11.3 Å². The fraction of sp³-hybridized carbons (Fsp3) is 0.136. The number of fused-ring (bicyclic) bond motifs is 1. The van der Waals surface area contributed by atoms with Gasteiger partial charge in [0.05, 0.1) is 12.3 Å². The minimum atomic E-state index is -2.84. The van der Waals surface area contributed by atoms with Gasteiger partial charge in [-0.15, -0.1) is 12.4 Å². The van der Waals surface area contributed by atoms with Crippen LogP contribution in [0.4, 0.5) is 8.78 Å². The van der Waals surface area contributed by atoms with Crippen LogP contribution in [0.2, 0.25) is 0 Å². The molecule has 4 nitrogen and oxygen atoms in total. The summed E-state index contributed by atoms with van der Waals surface area (Å²) in [5, 5.41) is 9.36. The molecule has 1 N–H and O–H groups in total. The molecule has 0 atom stereocenters. The number of pyridine rings is 1. The summed E-state index contributed by atoms with van der Waals surface area (Å²) >= 11 is 0. The van der Waals surface area contributed by atoms with Gasteiger partial charge < -0.3 is 14.2 Å². The van der Waals surface area contributed by atoms with Gasteiger partial charge in [-0.1, -0.05) is 18.2 Å². The lowest BCUT2D eigenvalue weighted by atomic mass is 10.1. The van der Waals surface area contributed by atoms with Gasteiger partial charge >= 0.3 is 6.61 Å². The maximum absolute atomic E-state index is 12.3. The molecule has 2 aromatic heterocycles. The first-order chi connectivity index (χ1) is 13.5. The number of aryl methyl sites for hydroxylation is 1. The van der Waals surface area contributed by atoms with Gasteiger partial charge in [-0.3, -0.25) is 0 Å². The van der Waals surface area contributed by atoms with Gasteiger partial charge in [-0.25, -0.2) is 4.98 Å². The average molecular weight is 417 g/mol. The number of hydrogen-bond acceptors (Lipinski definition) is 3. The van der Waals surface area contributed by atoms with Gasteiger partial charge in [0.1, 0.15) is 11.4 Å². The van der Waals surface area contributed by atoms with Crippen molar-refractivity contribution in [2.75, 3.05) is 0 Å². The fourth-order valence-electron chi connectivity index (χ4n) is 3.25. The number of alkyl halides is 2. The Hall–Kier alpha value is -2.96. The molecule has 4 aromatic rings. The number of aromatic nitrogens is 2. The first-order valence-electron chi connectivity index (χ1n) is 8.79. The molecule has 7 heteroatoms. The molecule has 0 aliphatic carbocycles. The van der Waals surface area contributed by atoms with E-state index in [-0.39, 0.29) is 24.8 Å². The zero-order chi connectivity index (χ0) is 19.7. The molecule has 2 aromatic carbocycles. The average Bonchev–Trinajstić information content (AvgIpc) is 3.04. The molecule has 0 bridgehead atoms. The molecule has 0 radical (unpaired) electrons. The van der Waals surface area contributed by atoms with Crippen LogP contribution in [0.3, 0.4) is 0 Å². The maximum atomic E-state index is 12.3. The predicted octanol–water partition coefficient (Wildman–Crippen LogP) is 5.49. The van der Waals surface area contributed by atoms with Gasteiger partial charge in [-0.2, -0.15) is 8.78 Å². The first kappa shape index (κ1) is 20.8. The molecule has 0 spiro atoms. The van der Waals surface area contributed by atoms with Crippen LogP contribution in [-0.2, 0) is 6.61 Å². The summed E-state index contributed by atoms with van der Waals surface area (Å²) in [6.07, 6.45) is 2.01. The summed E-state index contributed by atoms with van der Waals surface area (Å²) in [4.78, 5) is 4.68. The van der Waals surface area contributed by atoms with E-state index < -0.39 is 6.61 Å². The summed E-state index contributed by atoms with van der Waals surface area (Å²) in [6.45, 7) is -0.881. The SMILES string of the molecule is Cc1c(-c2ccc(OC(F)F)cc2)nc2ccc(-c3cccc(CO)c3)cn12.Cl. The number of aliphatic hydroxyl groups is 1. The van der Waals surface area contributed by atoms with Gasteiger partial charge in [0.25, 0.3) is 0 Å². The molecular weight excluding hydrogens is 398 g/mol. The van der Waals surface area contributed by atoms with Crippen molar-refractivity contribution < 1.29 is 18.6 Å². The van der Waals surface area contributed by atoms with E-state index >= 15 is 0 Å². The van der Waals surface area contributed by atoms with Gasteiger partial charge in [0.15, 0.2) is 0 Å². The number of aliphatic hydroxyl groups excluding tert-OH is 1. The molecule has 4 rings (SSSR count). The van der Waals surface area contributed by atoms with Crippen LogP contribution in [0, 0.1) is 6.92 Å². The molecule has 150 valence electrons. The number of hydrogen-bond donors (Lipinski definition) is 1. The second kappa shape index (κ2) is 8.59. The van der Waals surface area contributed by atoms with Gasteiger partial charge in [0.2, 0.25) is 0 Å². The minimum absolute atomic E-state index is 0. The van der Waals surface area contributed by atoms with Crippen LogP contribution >= 0.6 is 12.4 Å². The van der Waals surface area contributed by atoms with Crippen LogP contribution < -0.4 is 4.74 Å². The Kier molecular flexibility index (Phi) is 6.15. The second-order valence-electron chi connectivity index (χ2n) is 6.45. The Labute approximate surface area is 172 Å². The summed E-state index contributed by atoms with van der Waals surface area (Å²) in [6, 6.07) is 18.1. The Balaban J connectivity index is 0.00000240. The van der Waals surface area contributed by atoms with Crippen molar-refractivity contribution in [3.63, 3.8) is 0 Å². The molecule has 0 aliphatic heterocycles. The van der Waals surface area contributed by atoms with Gasteiger partial charge in [-0.05, 0) is 66.1 Å². The molecule has 0 saturated carbocycles. The summed E-state index contributed by atoms with van der Waals surface area (Å²) in [7, 11) is 0. The normalized spacial score (nSPS) is 10.9. The molecule has 29 heavy (non-hydrogen) atoms. The fourth-order valence-corrected chi connectivity index (χ4v) is 3.25. The third-order valence-electron chi connectivity index (χ3n) is 4.65. The summed E-state index contributed by atoms with van der Waals surface area (Å²) in [5.41, 5.74) is 6.22. The predicted molar refractivity (Wildman–Crippen MR) is 111 cm³/mol. The molecular formula is C22H19ClF2N2O2. The highest BCUT2D eigenvalue weighted by atomic mass is 35.5. The highest BCUT2D eigenvalue weighted by molar-refractivity contribution is 5.85. The van der Waals surface area contributed by atoms with Crippen LogP contribution in [-0.4, -0.2) is 21.1 Å². The van der Waals surface area contributed by atoms with E-state index in [4.69, 9.17) is 0 Å². The lowest BCUT2D eigenvalue weighted by molar-refractivity contribution is -0.0498. The molecule has 0 amide bonds. The molecule has 0 fully saturated rings. The lowest BCUT2D eigenvalue weighted by Gasteiger charge is -2.06. The van der Waals surface area contributed by atoms with Gasteiger partial charge in [0, 0.05) is 17.5 Å². The van der Waals surface area contributed by atoms with E-state index in [9.17, 15) is 13.9 Å². The van der Waals surface area contributed by atoms with Crippen molar-refractivity contribution in [1.29, 1.82) is 0 Å². The zero-order valence-corrected chi connectivity index (χ0v) is 16.4. The van der Waals surface area contributed by atoms with E-state index in [0.717, 1.165) is 39.3 Å². The van der Waals surface area contributed by atoms with Crippen molar-refractivity contribution in [1.82, 2.24) is 9.38 Å². The van der Waals surface area contributed by atoms with Crippen molar-refractivity contribution in [3.8, 4) is 28.1 Å². The third-order valence-corrected chi connectivity index (χ3v) is 4.65. The molecule has 2 heterocycles. The summed E-state index contributed by atoms with van der Waals surface area (Å²) in [5.74, 6) is 0.117. The number of rotatable bonds is 5. The van der Waals surface area contributed by atoms with Crippen LogP contribution in [0.15, 0.2) is 66.9 Å². The van der Waals surface area contributed by atoms with Crippen LogP contribution in [0.5, 0.6) is 5.75 Å². The largest absolute Gasteiger partial charge is 0.435 e. The number of halogens is 3. The topological polar surface area (TPSA) is 46.8 Å². The van der Waals surface area contributed by atoms with E-state index in [1.165, 1.54) is 12.1 Å². The number of nitrogens with zero attached hydrogens (tertiary/aromatic N) is 2. The quantitative estimate of drug-likeness (QED) is 0.467. The highest BCUT2D eigenvalue weighted by Gasteiger charge is 2.12. The number of ether oxygens (including phenoxy) is 1. The standard InChI is InChI=1S/C22H18F2N2O2.ClH/c1-14-21(16-5-8-19(9-6-16)28-22(23)24)25-20-10-7-18(12-26(14)20)17-4-2-3-15(11-17)13-27;/h2-12,22,27H,13H2,1H3;1H. The van der Waals surface area contributed by atoms with Crippen molar-refractivity contribution in [2.24, 2.45) is 0 Å². The maximum Gasteiger partial charge on any atom is 0.387 e. The highest BCUT2D eigenvalue weighted by Crippen LogP contribution is 2.28. The Morgan fingerprint density at radius 2 is 1.72 bits per heavy atom. The molecule has 0 saturated heterocycles. The lowest BCUT2D eigenvalue weighted by Crippen LogP contribution is -2.01. The monoisotopic (exact) mass is 416 g/mol. The minimum Gasteiger partial charge on any atom is -0.435 e. The van der Waals surface area contributed by atoms with E-state index in [2.05, 4.69) is 9.72 Å². The second-order valence-corrected chi connectivity index (χ2v) is 6.45. The van der Waals surface area contributed by atoms with Crippen molar-refractivity contribution in [2.45, 2.75) is 20.1 Å². The number of imidazole rings is 1. The first-order valence-corrected chi connectivity index (χ1v) is 8.79. The van der Waals surface area contributed by atoms with E-state index in [1.54, 1.807) is 12.1 Å². The summed E-state index contributed by atoms with van der Waals surface area (Å²) < 4.78 is 31.0. The Bertz CT molecular complexity index is 1130. The van der Waals surface area contributed by atoms with Crippen molar-refractivity contribution >= 4 is 18.1 Å². The zero-order valence-electron chi connectivity index (χ0n) is 15.5. The third kappa shape index (κ3) is 4.23. The van der Waals surface area contributed by atoms with Crippen LogP contribution in [0.25, 0.3) is 28.0 Å². The number of benzene rings is 2. The Morgan fingerprint density at radius 3 is 2.41 bits per heavy atom. The van der Waals surface area contributed by atoms with Crippen molar-refractivity contribution in [3.05, 3.63) is 78.1 Å². The van der Waals surface area contributed by atoms with E-state index in [1.807, 2.05) is 53.9 Å². The van der Waals surface area contributed by atoms with E-state index in [0.29, 0.717) is 0 Å². The smallest absolute Gasteiger partial charge is 0.387 e. The molecule has 0 aliphatic rings. The molecule has 0 unspecified atom stereocenters. The Morgan fingerprint density at radius 1 is 1.00 bits per heavy atom.